The molecule has 7 nitrogen and oxygen atoms in total. The maximum absolute atomic E-state index is 13.3. The predicted molar refractivity (Wildman–Crippen MR) is 139 cm³/mol. The SMILES string of the molecule is CCCOc1ccc([C@H]2/C(=C(\O)c3ccc4c(c3)OCCO4)C(=O)C(=O)N2CCc2ccccc2)cc1. The molecule has 0 aliphatic carbocycles. The maximum atomic E-state index is 13.3. The molecule has 2 heterocycles. The molecule has 0 radical (unpaired) electrons. The van der Waals surface area contributed by atoms with E-state index < -0.39 is 17.7 Å². The second-order valence-electron chi connectivity index (χ2n) is 9.00. The highest BCUT2D eigenvalue weighted by Gasteiger charge is 2.46. The average molecular weight is 500 g/mol. The van der Waals surface area contributed by atoms with E-state index in [1.807, 2.05) is 61.5 Å². The zero-order chi connectivity index (χ0) is 25.8. The lowest BCUT2D eigenvalue weighted by molar-refractivity contribution is -0.139. The van der Waals surface area contributed by atoms with Crippen LogP contribution in [0.1, 0.15) is 36.1 Å². The fourth-order valence-electron chi connectivity index (χ4n) is 4.66. The third kappa shape index (κ3) is 5.03. The van der Waals surface area contributed by atoms with Gasteiger partial charge in [-0.25, -0.2) is 0 Å². The topological polar surface area (TPSA) is 85.3 Å². The maximum Gasteiger partial charge on any atom is 0.295 e. The molecule has 7 heteroatoms. The van der Waals surface area contributed by atoms with Gasteiger partial charge in [-0.3, -0.25) is 9.59 Å². The van der Waals surface area contributed by atoms with Gasteiger partial charge in [0.05, 0.1) is 18.2 Å². The minimum absolute atomic E-state index is 0.0527. The van der Waals surface area contributed by atoms with E-state index in [0.29, 0.717) is 55.6 Å². The summed E-state index contributed by atoms with van der Waals surface area (Å²) in [4.78, 5) is 28.1. The van der Waals surface area contributed by atoms with E-state index in [4.69, 9.17) is 14.2 Å². The van der Waals surface area contributed by atoms with Crippen molar-refractivity contribution in [2.75, 3.05) is 26.4 Å². The van der Waals surface area contributed by atoms with Crippen LogP contribution in [0.4, 0.5) is 0 Å². The van der Waals surface area contributed by atoms with Gasteiger partial charge in [-0.2, -0.15) is 0 Å². The van der Waals surface area contributed by atoms with Gasteiger partial charge in [0.15, 0.2) is 11.5 Å². The van der Waals surface area contributed by atoms with E-state index in [2.05, 4.69) is 0 Å². The Morgan fingerprint density at radius 3 is 2.43 bits per heavy atom. The molecular formula is C30H29NO6. The number of Topliss-reactive ketones (excluding diaryl/α,β-unsaturated/α-hetero) is 1. The Morgan fingerprint density at radius 1 is 0.973 bits per heavy atom. The lowest BCUT2D eigenvalue weighted by Crippen LogP contribution is -2.31. The van der Waals surface area contributed by atoms with Crippen LogP contribution in [0.25, 0.3) is 5.76 Å². The summed E-state index contributed by atoms with van der Waals surface area (Å²) >= 11 is 0. The highest BCUT2D eigenvalue weighted by Crippen LogP contribution is 2.41. The van der Waals surface area contributed by atoms with Crippen molar-refractivity contribution in [3.63, 3.8) is 0 Å². The lowest BCUT2D eigenvalue weighted by Gasteiger charge is -2.26. The first-order valence-corrected chi connectivity index (χ1v) is 12.5. The Kier molecular flexibility index (Phi) is 7.12. The Labute approximate surface area is 215 Å². The number of fused-ring (bicyclic) bond motifs is 1. The number of aliphatic hydroxyl groups is 1. The normalized spacial score (nSPS) is 18.2. The Bertz CT molecular complexity index is 1320. The van der Waals surface area contributed by atoms with Crippen LogP contribution < -0.4 is 14.2 Å². The van der Waals surface area contributed by atoms with Gasteiger partial charge in [-0.15, -0.1) is 0 Å². The van der Waals surface area contributed by atoms with Crippen LogP contribution in [0, 0.1) is 0 Å². The molecule has 2 aliphatic heterocycles. The van der Waals surface area contributed by atoms with Gasteiger partial charge in [0, 0.05) is 12.1 Å². The number of hydrogen-bond donors (Lipinski definition) is 1. The highest BCUT2D eigenvalue weighted by molar-refractivity contribution is 6.46. The smallest absolute Gasteiger partial charge is 0.295 e. The van der Waals surface area contributed by atoms with E-state index >= 15 is 0 Å². The Morgan fingerprint density at radius 2 is 1.70 bits per heavy atom. The molecule has 0 spiro atoms. The average Bonchev–Trinajstić information content (AvgIpc) is 3.20. The number of aliphatic hydroxyl groups excluding tert-OH is 1. The standard InChI is InChI=1S/C30H29NO6/c1-2-16-35-23-11-8-21(9-12-23)27-26(28(32)22-10-13-24-25(19-22)37-18-17-36-24)29(33)30(34)31(27)15-14-20-6-4-3-5-7-20/h3-13,19,27,32H,2,14-18H2,1H3/b28-26+/t27-/m0/s1. The minimum Gasteiger partial charge on any atom is -0.507 e. The van der Waals surface area contributed by atoms with Crippen LogP contribution in [-0.4, -0.2) is 48.1 Å². The van der Waals surface area contributed by atoms with Gasteiger partial charge in [0.2, 0.25) is 0 Å². The van der Waals surface area contributed by atoms with E-state index in [0.717, 1.165) is 17.5 Å². The minimum atomic E-state index is -0.739. The van der Waals surface area contributed by atoms with E-state index in [1.165, 1.54) is 0 Å². The molecule has 1 fully saturated rings. The molecule has 1 amide bonds. The van der Waals surface area contributed by atoms with Crippen molar-refractivity contribution >= 4 is 17.4 Å². The molecule has 3 aromatic rings. The van der Waals surface area contributed by atoms with Crippen molar-refractivity contribution < 1.29 is 28.9 Å². The van der Waals surface area contributed by atoms with Crippen molar-refractivity contribution in [3.05, 3.63) is 95.1 Å². The Hall–Kier alpha value is -4.26. The zero-order valence-electron chi connectivity index (χ0n) is 20.7. The fourth-order valence-corrected chi connectivity index (χ4v) is 4.66. The quantitative estimate of drug-likeness (QED) is 0.269. The van der Waals surface area contributed by atoms with Gasteiger partial charge in [0.25, 0.3) is 11.7 Å². The summed E-state index contributed by atoms with van der Waals surface area (Å²) < 4.78 is 16.9. The van der Waals surface area contributed by atoms with Gasteiger partial charge >= 0.3 is 0 Å². The second kappa shape index (κ2) is 10.8. The van der Waals surface area contributed by atoms with Gasteiger partial charge in [-0.1, -0.05) is 49.4 Å². The number of rotatable bonds is 8. The third-order valence-corrected chi connectivity index (χ3v) is 6.51. The largest absolute Gasteiger partial charge is 0.507 e. The number of nitrogens with zero attached hydrogens (tertiary/aromatic N) is 1. The summed E-state index contributed by atoms with van der Waals surface area (Å²) in [6, 6.07) is 21.4. The summed E-state index contributed by atoms with van der Waals surface area (Å²) in [6.45, 7) is 3.80. The highest BCUT2D eigenvalue weighted by atomic mass is 16.6. The first-order valence-electron chi connectivity index (χ1n) is 12.5. The molecule has 2 aliphatic rings. The van der Waals surface area contributed by atoms with Crippen LogP contribution in [0.15, 0.2) is 78.4 Å². The summed E-state index contributed by atoms with van der Waals surface area (Å²) in [5.74, 6) is 0.184. The van der Waals surface area contributed by atoms with Crippen molar-refractivity contribution in [3.8, 4) is 17.2 Å². The number of hydrogen-bond acceptors (Lipinski definition) is 6. The first-order chi connectivity index (χ1) is 18.1. The number of likely N-dealkylation sites (tertiary alicyclic amines) is 1. The van der Waals surface area contributed by atoms with Crippen LogP contribution in [0.2, 0.25) is 0 Å². The molecular weight excluding hydrogens is 470 g/mol. The van der Waals surface area contributed by atoms with E-state index in [1.54, 1.807) is 23.1 Å². The number of carbonyl (C=O) groups is 2. The van der Waals surface area contributed by atoms with Gasteiger partial charge in [0.1, 0.15) is 24.7 Å². The fraction of sp³-hybridized carbons (Fsp3) is 0.267. The van der Waals surface area contributed by atoms with Crippen LogP contribution >= 0.6 is 0 Å². The molecule has 0 aromatic heterocycles. The number of ketones is 1. The molecule has 0 bridgehead atoms. The molecule has 1 N–H and O–H groups in total. The third-order valence-electron chi connectivity index (χ3n) is 6.51. The van der Waals surface area contributed by atoms with E-state index in [9.17, 15) is 14.7 Å². The molecule has 0 saturated carbocycles. The molecule has 0 unspecified atom stereocenters. The number of ether oxygens (including phenoxy) is 3. The van der Waals surface area contributed by atoms with Crippen LogP contribution in [0.3, 0.4) is 0 Å². The molecule has 3 aromatic carbocycles. The van der Waals surface area contributed by atoms with E-state index in [-0.39, 0.29) is 11.3 Å². The Balaban J connectivity index is 1.54. The lowest BCUT2D eigenvalue weighted by atomic mass is 9.95. The zero-order valence-corrected chi connectivity index (χ0v) is 20.7. The van der Waals surface area contributed by atoms with Gasteiger partial charge < -0.3 is 24.2 Å². The van der Waals surface area contributed by atoms with Crippen LogP contribution in [0.5, 0.6) is 17.2 Å². The number of benzene rings is 3. The molecule has 37 heavy (non-hydrogen) atoms. The number of amides is 1. The summed E-state index contributed by atoms with van der Waals surface area (Å²) in [5, 5.41) is 11.4. The van der Waals surface area contributed by atoms with Crippen molar-refractivity contribution in [2.24, 2.45) is 0 Å². The molecule has 1 saturated heterocycles. The molecule has 1 atom stereocenters. The van der Waals surface area contributed by atoms with Crippen molar-refractivity contribution in [1.29, 1.82) is 0 Å². The van der Waals surface area contributed by atoms with Crippen molar-refractivity contribution in [2.45, 2.75) is 25.8 Å². The summed E-state index contributed by atoms with van der Waals surface area (Å²) in [7, 11) is 0. The number of carbonyl (C=O) groups excluding carboxylic acids is 2. The summed E-state index contributed by atoms with van der Waals surface area (Å²) in [5.41, 5.74) is 2.21. The summed E-state index contributed by atoms with van der Waals surface area (Å²) in [6.07, 6.45) is 1.46. The first kappa shape index (κ1) is 24.4. The predicted octanol–water partition coefficient (Wildman–Crippen LogP) is 4.91. The van der Waals surface area contributed by atoms with Crippen LogP contribution in [-0.2, 0) is 16.0 Å². The molecule has 5 rings (SSSR count). The van der Waals surface area contributed by atoms with Gasteiger partial charge in [-0.05, 0) is 54.3 Å². The molecule has 190 valence electrons. The van der Waals surface area contributed by atoms with Crippen molar-refractivity contribution in [1.82, 2.24) is 4.90 Å². The second-order valence-corrected chi connectivity index (χ2v) is 9.00. The monoisotopic (exact) mass is 499 g/mol.